The van der Waals surface area contributed by atoms with Crippen LogP contribution >= 0.6 is 0 Å². The molecule has 1 aliphatic rings. The molecule has 0 spiro atoms. The van der Waals surface area contributed by atoms with Gasteiger partial charge in [-0.05, 0) is 41.9 Å². The van der Waals surface area contributed by atoms with Crippen molar-refractivity contribution in [2.24, 2.45) is 11.3 Å². The largest absolute Gasteiger partial charge is 0.497 e. The third kappa shape index (κ3) is 3.18. The zero-order valence-corrected chi connectivity index (χ0v) is 13.9. The van der Waals surface area contributed by atoms with Crippen molar-refractivity contribution in [3.05, 3.63) is 23.8 Å². The molecule has 1 N–H and O–H groups in total. The van der Waals surface area contributed by atoms with E-state index in [1.165, 1.54) is 6.42 Å². The third-order valence-corrected chi connectivity index (χ3v) is 4.77. The van der Waals surface area contributed by atoms with Gasteiger partial charge in [0.2, 0.25) is 0 Å². The highest BCUT2D eigenvalue weighted by atomic mass is 16.5. The summed E-state index contributed by atoms with van der Waals surface area (Å²) in [7, 11) is 3.29. The van der Waals surface area contributed by atoms with E-state index in [2.05, 4.69) is 20.8 Å². The van der Waals surface area contributed by atoms with Crippen molar-refractivity contribution in [1.82, 2.24) is 0 Å². The Balaban J connectivity index is 2.49. The molecule has 3 nitrogen and oxygen atoms in total. The quantitative estimate of drug-likeness (QED) is 0.910. The molecule has 0 bridgehead atoms. The molecule has 1 fully saturated rings. The number of ether oxygens (including phenoxy) is 2. The van der Waals surface area contributed by atoms with E-state index in [0.29, 0.717) is 0 Å². The standard InChI is InChI=1S/C18H28O3/c1-17(2,3)16-8-6-7-9-18(16,19)13-10-14(20-4)12-15(11-13)21-5/h10-12,16,19H,6-9H2,1-5H3. The first kappa shape index (κ1) is 16.2. The molecule has 2 rings (SSSR count). The Morgan fingerprint density at radius 3 is 2.10 bits per heavy atom. The second-order valence-corrected chi connectivity index (χ2v) is 7.19. The Hall–Kier alpha value is -1.22. The smallest absolute Gasteiger partial charge is 0.122 e. The molecule has 1 aromatic rings. The van der Waals surface area contributed by atoms with Crippen LogP contribution in [0.15, 0.2) is 18.2 Å². The van der Waals surface area contributed by atoms with E-state index >= 15 is 0 Å². The normalized spacial score (nSPS) is 26.5. The molecule has 3 heteroatoms. The van der Waals surface area contributed by atoms with Crippen molar-refractivity contribution >= 4 is 0 Å². The van der Waals surface area contributed by atoms with Gasteiger partial charge in [-0.25, -0.2) is 0 Å². The number of rotatable bonds is 3. The van der Waals surface area contributed by atoms with Crippen LogP contribution in [0.5, 0.6) is 11.5 Å². The van der Waals surface area contributed by atoms with E-state index in [-0.39, 0.29) is 11.3 Å². The molecule has 0 amide bonds. The summed E-state index contributed by atoms with van der Waals surface area (Å²) in [5.41, 5.74) is 0.169. The van der Waals surface area contributed by atoms with Crippen LogP contribution in [0.4, 0.5) is 0 Å². The lowest BCUT2D eigenvalue weighted by atomic mass is 9.61. The van der Waals surface area contributed by atoms with Gasteiger partial charge in [0.1, 0.15) is 11.5 Å². The van der Waals surface area contributed by atoms with Crippen LogP contribution in [0.25, 0.3) is 0 Å². The number of aliphatic hydroxyl groups is 1. The van der Waals surface area contributed by atoms with Gasteiger partial charge in [-0.3, -0.25) is 0 Å². The summed E-state index contributed by atoms with van der Waals surface area (Å²) in [5.74, 6) is 1.70. The van der Waals surface area contributed by atoms with Crippen molar-refractivity contribution in [1.29, 1.82) is 0 Å². The fourth-order valence-electron chi connectivity index (χ4n) is 3.71. The highest BCUT2D eigenvalue weighted by Gasteiger charge is 2.46. The summed E-state index contributed by atoms with van der Waals surface area (Å²) in [6.07, 6.45) is 4.10. The maximum Gasteiger partial charge on any atom is 0.122 e. The molecule has 118 valence electrons. The van der Waals surface area contributed by atoms with Crippen molar-refractivity contribution in [3.8, 4) is 11.5 Å². The van der Waals surface area contributed by atoms with Crippen molar-refractivity contribution in [2.75, 3.05) is 14.2 Å². The predicted octanol–water partition coefficient (Wildman–Crippen LogP) is 4.13. The first-order valence-corrected chi connectivity index (χ1v) is 7.77. The minimum Gasteiger partial charge on any atom is -0.497 e. The average molecular weight is 292 g/mol. The molecule has 1 aliphatic carbocycles. The van der Waals surface area contributed by atoms with Crippen LogP contribution in [-0.4, -0.2) is 19.3 Å². The minimum atomic E-state index is -0.807. The fraction of sp³-hybridized carbons (Fsp3) is 0.667. The molecule has 0 heterocycles. The average Bonchev–Trinajstić information content (AvgIpc) is 2.45. The molecule has 1 aromatic carbocycles. The topological polar surface area (TPSA) is 38.7 Å². The van der Waals surface area contributed by atoms with Crippen LogP contribution in [0, 0.1) is 11.3 Å². The summed E-state index contributed by atoms with van der Waals surface area (Å²) in [4.78, 5) is 0. The van der Waals surface area contributed by atoms with Gasteiger partial charge in [0, 0.05) is 6.07 Å². The van der Waals surface area contributed by atoms with Gasteiger partial charge in [0.05, 0.1) is 19.8 Å². The van der Waals surface area contributed by atoms with Crippen LogP contribution < -0.4 is 9.47 Å². The van der Waals surface area contributed by atoms with E-state index in [0.717, 1.165) is 36.3 Å². The summed E-state index contributed by atoms with van der Waals surface area (Å²) in [6.45, 7) is 6.64. The number of methoxy groups -OCH3 is 2. The highest BCUT2D eigenvalue weighted by Crippen LogP contribution is 2.50. The molecule has 0 saturated heterocycles. The maximum atomic E-state index is 11.5. The SMILES string of the molecule is COc1cc(OC)cc(C2(O)CCCCC2C(C)(C)C)c1. The van der Waals surface area contributed by atoms with Gasteiger partial charge in [-0.15, -0.1) is 0 Å². The molecule has 0 aromatic heterocycles. The van der Waals surface area contributed by atoms with E-state index in [4.69, 9.17) is 9.47 Å². The summed E-state index contributed by atoms with van der Waals surface area (Å²) in [5, 5.41) is 11.5. The Morgan fingerprint density at radius 2 is 1.62 bits per heavy atom. The first-order chi connectivity index (χ1) is 9.81. The van der Waals surface area contributed by atoms with E-state index in [1.807, 2.05) is 18.2 Å². The summed E-state index contributed by atoms with van der Waals surface area (Å²) in [6, 6.07) is 5.75. The van der Waals surface area contributed by atoms with Gasteiger partial charge < -0.3 is 14.6 Å². The molecule has 0 radical (unpaired) electrons. The lowest BCUT2D eigenvalue weighted by Crippen LogP contribution is -2.44. The molecule has 2 atom stereocenters. The zero-order chi connectivity index (χ0) is 15.7. The van der Waals surface area contributed by atoms with E-state index < -0.39 is 5.60 Å². The third-order valence-electron chi connectivity index (χ3n) is 4.77. The Labute approximate surface area is 128 Å². The molecule has 2 unspecified atom stereocenters. The van der Waals surface area contributed by atoms with Crippen molar-refractivity contribution in [2.45, 2.75) is 52.1 Å². The second-order valence-electron chi connectivity index (χ2n) is 7.19. The lowest BCUT2D eigenvalue weighted by Gasteiger charge is -2.47. The van der Waals surface area contributed by atoms with Crippen molar-refractivity contribution in [3.63, 3.8) is 0 Å². The predicted molar refractivity (Wildman–Crippen MR) is 84.9 cm³/mol. The van der Waals surface area contributed by atoms with Crippen LogP contribution in [0.1, 0.15) is 52.0 Å². The zero-order valence-electron chi connectivity index (χ0n) is 13.9. The number of hydrogen-bond donors (Lipinski definition) is 1. The van der Waals surface area contributed by atoms with Crippen LogP contribution in [0.3, 0.4) is 0 Å². The molecule has 0 aliphatic heterocycles. The number of hydrogen-bond acceptors (Lipinski definition) is 3. The fourth-order valence-corrected chi connectivity index (χ4v) is 3.71. The molecule has 21 heavy (non-hydrogen) atoms. The molecule has 1 saturated carbocycles. The number of benzene rings is 1. The van der Waals surface area contributed by atoms with Crippen LogP contribution in [-0.2, 0) is 5.60 Å². The second kappa shape index (κ2) is 5.88. The van der Waals surface area contributed by atoms with Crippen molar-refractivity contribution < 1.29 is 14.6 Å². The van der Waals surface area contributed by atoms with Gasteiger partial charge in [0.25, 0.3) is 0 Å². The maximum absolute atomic E-state index is 11.5. The van der Waals surface area contributed by atoms with Gasteiger partial charge in [-0.1, -0.05) is 33.6 Å². The van der Waals surface area contributed by atoms with Gasteiger partial charge in [-0.2, -0.15) is 0 Å². The van der Waals surface area contributed by atoms with E-state index in [9.17, 15) is 5.11 Å². The van der Waals surface area contributed by atoms with Gasteiger partial charge >= 0.3 is 0 Å². The minimum absolute atomic E-state index is 0.0610. The first-order valence-electron chi connectivity index (χ1n) is 7.77. The summed E-state index contributed by atoms with van der Waals surface area (Å²) < 4.78 is 10.7. The Morgan fingerprint density at radius 1 is 1.05 bits per heavy atom. The Bertz CT molecular complexity index is 467. The van der Waals surface area contributed by atoms with E-state index in [1.54, 1.807) is 14.2 Å². The summed E-state index contributed by atoms with van der Waals surface area (Å²) >= 11 is 0. The lowest BCUT2D eigenvalue weighted by molar-refractivity contribution is -0.0961. The van der Waals surface area contributed by atoms with Crippen LogP contribution in [0.2, 0.25) is 0 Å². The molecular weight excluding hydrogens is 264 g/mol. The monoisotopic (exact) mass is 292 g/mol. The Kier molecular flexibility index (Phi) is 4.52. The molecular formula is C18H28O3. The highest BCUT2D eigenvalue weighted by molar-refractivity contribution is 5.41. The van der Waals surface area contributed by atoms with Gasteiger partial charge in [0.15, 0.2) is 0 Å².